The molecule has 2 aromatic rings. The van der Waals surface area contributed by atoms with Crippen molar-refractivity contribution in [3.63, 3.8) is 0 Å². The van der Waals surface area contributed by atoms with E-state index in [1.165, 1.54) is 16.0 Å². The third-order valence-corrected chi connectivity index (χ3v) is 7.17. The molecule has 2 amide bonds. The van der Waals surface area contributed by atoms with E-state index in [2.05, 4.69) is 56.5 Å². The molecule has 3 rings (SSSR count). The molecule has 1 aliphatic rings. The molecular weight excluding hydrogens is 392 g/mol. The zero-order chi connectivity index (χ0) is 21.7. The molecule has 4 nitrogen and oxygen atoms in total. The first-order valence-electron chi connectivity index (χ1n) is 11.2. The molecule has 0 N–H and O–H groups in total. The molecule has 0 bridgehead atoms. The van der Waals surface area contributed by atoms with Gasteiger partial charge in [-0.25, -0.2) is 0 Å². The van der Waals surface area contributed by atoms with Gasteiger partial charge in [-0.1, -0.05) is 50.1 Å². The fraction of sp³-hybridized carbons (Fsp3) is 0.520. The standard InChI is InChI=1S/C25H34N2O2S/c1-5-7-8-23(28)27(19(4)6-2)17-24(29)26-15-13-22-21(14-16-30-22)25(26)20-11-9-18(3)10-12-20/h9-12,14,16,19,25H,5-8,13,15,17H2,1-4H3/t19-,25+/m0/s1. The van der Waals surface area contributed by atoms with Crippen LogP contribution in [-0.2, 0) is 16.0 Å². The SMILES string of the molecule is CCCCC(=O)N(CC(=O)N1CCc2sccc2[C@H]1c1ccc(C)cc1)[C@@H](C)CC. The first-order chi connectivity index (χ1) is 14.5. The predicted octanol–water partition coefficient (Wildman–Crippen LogP) is 5.35. The first kappa shape index (κ1) is 22.5. The molecule has 0 unspecified atom stereocenters. The minimum absolute atomic E-state index is 0.0440. The van der Waals surface area contributed by atoms with Crippen molar-refractivity contribution in [2.24, 2.45) is 0 Å². The summed E-state index contributed by atoms with van der Waals surface area (Å²) in [6, 6.07) is 10.6. The number of nitrogens with zero attached hydrogens (tertiary/aromatic N) is 2. The van der Waals surface area contributed by atoms with Crippen molar-refractivity contribution in [3.8, 4) is 0 Å². The van der Waals surface area contributed by atoms with E-state index in [4.69, 9.17) is 0 Å². The number of unbranched alkanes of at least 4 members (excludes halogenated alkanes) is 1. The maximum Gasteiger partial charge on any atom is 0.243 e. The van der Waals surface area contributed by atoms with Crippen molar-refractivity contribution < 1.29 is 9.59 Å². The van der Waals surface area contributed by atoms with E-state index < -0.39 is 0 Å². The van der Waals surface area contributed by atoms with Crippen LogP contribution in [0.25, 0.3) is 0 Å². The molecular formula is C25H34N2O2S. The topological polar surface area (TPSA) is 40.6 Å². The molecule has 0 saturated carbocycles. The van der Waals surface area contributed by atoms with E-state index in [-0.39, 0.29) is 30.4 Å². The Bertz CT molecular complexity index is 858. The molecule has 5 heteroatoms. The maximum atomic E-state index is 13.5. The van der Waals surface area contributed by atoms with Crippen LogP contribution < -0.4 is 0 Å². The number of thiophene rings is 1. The summed E-state index contributed by atoms with van der Waals surface area (Å²) >= 11 is 1.77. The van der Waals surface area contributed by atoms with Crippen LogP contribution in [0.1, 0.15) is 74.1 Å². The van der Waals surface area contributed by atoms with Crippen molar-refractivity contribution >= 4 is 23.2 Å². The van der Waals surface area contributed by atoms with Crippen molar-refractivity contribution in [2.75, 3.05) is 13.1 Å². The molecule has 2 atom stereocenters. The second-order valence-corrected chi connectivity index (χ2v) is 9.33. The van der Waals surface area contributed by atoms with Crippen LogP contribution in [0.4, 0.5) is 0 Å². The lowest BCUT2D eigenvalue weighted by molar-refractivity contribution is -0.143. The van der Waals surface area contributed by atoms with Crippen LogP contribution >= 0.6 is 11.3 Å². The lowest BCUT2D eigenvalue weighted by atomic mass is 9.92. The fourth-order valence-electron chi connectivity index (χ4n) is 4.11. The van der Waals surface area contributed by atoms with Gasteiger partial charge in [0.05, 0.1) is 6.04 Å². The number of aryl methyl sites for hydroxylation is 1. The molecule has 2 heterocycles. The molecule has 1 aliphatic heterocycles. The Kier molecular flexibility index (Phi) is 7.70. The largest absolute Gasteiger partial charge is 0.331 e. The number of amides is 2. The molecule has 0 spiro atoms. The van der Waals surface area contributed by atoms with Gasteiger partial charge in [0.25, 0.3) is 0 Å². The first-order valence-corrected chi connectivity index (χ1v) is 12.1. The third kappa shape index (κ3) is 4.94. The van der Waals surface area contributed by atoms with E-state index >= 15 is 0 Å². The highest BCUT2D eigenvalue weighted by Gasteiger charge is 2.34. The van der Waals surface area contributed by atoms with Crippen molar-refractivity contribution in [1.29, 1.82) is 0 Å². The molecule has 162 valence electrons. The van der Waals surface area contributed by atoms with Crippen molar-refractivity contribution in [3.05, 3.63) is 57.3 Å². The highest BCUT2D eigenvalue weighted by molar-refractivity contribution is 7.10. The van der Waals surface area contributed by atoms with Gasteiger partial charge in [0.1, 0.15) is 6.54 Å². The van der Waals surface area contributed by atoms with E-state index in [0.717, 1.165) is 31.2 Å². The molecule has 0 saturated heterocycles. The summed E-state index contributed by atoms with van der Waals surface area (Å²) in [6.07, 6.45) is 4.10. The normalized spacial score (nSPS) is 16.8. The van der Waals surface area contributed by atoms with Crippen LogP contribution in [0.2, 0.25) is 0 Å². The van der Waals surface area contributed by atoms with Gasteiger partial charge in [-0.2, -0.15) is 0 Å². The average molecular weight is 427 g/mol. The lowest BCUT2D eigenvalue weighted by Gasteiger charge is -2.38. The maximum absolute atomic E-state index is 13.5. The van der Waals surface area contributed by atoms with Crippen LogP contribution in [0.15, 0.2) is 35.7 Å². The van der Waals surface area contributed by atoms with E-state index in [0.29, 0.717) is 13.0 Å². The highest BCUT2D eigenvalue weighted by atomic mass is 32.1. The summed E-state index contributed by atoms with van der Waals surface area (Å²) in [5.41, 5.74) is 3.58. The Morgan fingerprint density at radius 1 is 1.20 bits per heavy atom. The van der Waals surface area contributed by atoms with Gasteiger partial charge in [-0.3, -0.25) is 9.59 Å². The third-order valence-electron chi connectivity index (χ3n) is 6.17. The van der Waals surface area contributed by atoms with Crippen LogP contribution in [-0.4, -0.2) is 40.7 Å². The monoisotopic (exact) mass is 426 g/mol. The number of hydrogen-bond donors (Lipinski definition) is 0. The second-order valence-electron chi connectivity index (χ2n) is 8.33. The molecule has 0 radical (unpaired) electrons. The van der Waals surface area contributed by atoms with Gasteiger partial charge >= 0.3 is 0 Å². The van der Waals surface area contributed by atoms with E-state index in [1.807, 2.05) is 11.8 Å². The van der Waals surface area contributed by atoms with Gasteiger partial charge in [0, 0.05) is 23.9 Å². The van der Waals surface area contributed by atoms with Gasteiger partial charge in [0.2, 0.25) is 11.8 Å². The average Bonchev–Trinajstić information content (AvgIpc) is 3.24. The van der Waals surface area contributed by atoms with Crippen molar-refractivity contribution in [1.82, 2.24) is 9.80 Å². The fourth-order valence-corrected chi connectivity index (χ4v) is 5.02. The highest BCUT2D eigenvalue weighted by Crippen LogP contribution is 2.38. The molecule has 1 aromatic heterocycles. The number of carbonyl (C=O) groups excluding carboxylic acids is 2. The summed E-state index contributed by atoms with van der Waals surface area (Å²) in [4.78, 5) is 31.5. The number of hydrogen-bond acceptors (Lipinski definition) is 3. The molecule has 0 aliphatic carbocycles. The van der Waals surface area contributed by atoms with Gasteiger partial charge in [0.15, 0.2) is 0 Å². The van der Waals surface area contributed by atoms with E-state index in [1.54, 1.807) is 16.2 Å². The Morgan fingerprint density at radius 2 is 1.93 bits per heavy atom. The zero-order valence-corrected chi connectivity index (χ0v) is 19.5. The van der Waals surface area contributed by atoms with Crippen LogP contribution in [0.5, 0.6) is 0 Å². The zero-order valence-electron chi connectivity index (χ0n) is 18.7. The Balaban J connectivity index is 1.86. The summed E-state index contributed by atoms with van der Waals surface area (Å²) in [7, 11) is 0. The van der Waals surface area contributed by atoms with Crippen molar-refractivity contribution in [2.45, 2.75) is 71.9 Å². The van der Waals surface area contributed by atoms with Gasteiger partial charge in [-0.05, 0) is 55.7 Å². The summed E-state index contributed by atoms with van der Waals surface area (Å²) in [6.45, 7) is 9.15. The number of fused-ring (bicyclic) bond motifs is 1. The smallest absolute Gasteiger partial charge is 0.243 e. The Hall–Kier alpha value is -2.14. The number of benzene rings is 1. The lowest BCUT2D eigenvalue weighted by Crippen LogP contribution is -2.49. The summed E-state index contributed by atoms with van der Waals surface area (Å²) < 4.78 is 0. The summed E-state index contributed by atoms with van der Waals surface area (Å²) in [5, 5.41) is 2.12. The molecule has 30 heavy (non-hydrogen) atoms. The Morgan fingerprint density at radius 3 is 2.60 bits per heavy atom. The Labute approximate surface area is 184 Å². The molecule has 0 fully saturated rings. The quantitative estimate of drug-likeness (QED) is 0.571. The van der Waals surface area contributed by atoms with E-state index in [9.17, 15) is 9.59 Å². The predicted molar refractivity (Wildman–Crippen MR) is 124 cm³/mol. The number of rotatable bonds is 8. The minimum Gasteiger partial charge on any atom is -0.331 e. The van der Waals surface area contributed by atoms with Crippen LogP contribution in [0, 0.1) is 6.92 Å². The molecule has 1 aromatic carbocycles. The second kappa shape index (κ2) is 10.3. The number of carbonyl (C=O) groups is 2. The van der Waals surface area contributed by atoms with Crippen LogP contribution in [0.3, 0.4) is 0 Å². The van der Waals surface area contributed by atoms with Gasteiger partial charge < -0.3 is 9.80 Å². The summed E-state index contributed by atoms with van der Waals surface area (Å²) in [5.74, 6) is 0.141. The minimum atomic E-state index is -0.0716. The van der Waals surface area contributed by atoms with Gasteiger partial charge in [-0.15, -0.1) is 11.3 Å².